The van der Waals surface area contributed by atoms with E-state index in [4.69, 9.17) is 0 Å². The zero-order chi connectivity index (χ0) is 20.8. The number of thiophene rings is 1. The van der Waals surface area contributed by atoms with Crippen molar-refractivity contribution in [2.24, 2.45) is 5.92 Å². The van der Waals surface area contributed by atoms with Crippen molar-refractivity contribution in [2.75, 3.05) is 31.1 Å². The summed E-state index contributed by atoms with van der Waals surface area (Å²) >= 11 is 1.82. The first-order valence-corrected chi connectivity index (χ1v) is 11.7. The lowest BCUT2D eigenvalue weighted by Gasteiger charge is -2.31. The van der Waals surface area contributed by atoms with Gasteiger partial charge in [0.2, 0.25) is 5.91 Å². The summed E-state index contributed by atoms with van der Waals surface area (Å²) in [5.41, 5.74) is 1.93. The first-order valence-electron chi connectivity index (χ1n) is 10.8. The van der Waals surface area contributed by atoms with Gasteiger partial charge in [0.1, 0.15) is 0 Å². The molecule has 1 aromatic carbocycles. The number of benzene rings is 1. The molecule has 0 saturated carbocycles. The van der Waals surface area contributed by atoms with E-state index in [1.54, 1.807) is 0 Å². The maximum atomic E-state index is 12.2. The van der Waals surface area contributed by atoms with Gasteiger partial charge >= 0.3 is 6.03 Å². The molecule has 0 bridgehead atoms. The number of amides is 3. The molecule has 7 heteroatoms. The van der Waals surface area contributed by atoms with Crippen LogP contribution in [-0.2, 0) is 17.9 Å². The lowest BCUT2D eigenvalue weighted by molar-refractivity contribution is -0.117. The largest absolute Gasteiger partial charge is 0.338 e. The second-order valence-corrected chi connectivity index (χ2v) is 9.21. The van der Waals surface area contributed by atoms with Crippen LogP contribution in [0.25, 0.3) is 0 Å². The van der Waals surface area contributed by atoms with Crippen molar-refractivity contribution in [2.45, 2.75) is 38.8 Å². The molecule has 4 rings (SSSR count). The molecule has 0 radical (unpaired) electrons. The van der Waals surface area contributed by atoms with Crippen LogP contribution in [0.15, 0.2) is 41.8 Å². The molecular formula is C23H30N4O2S. The van der Waals surface area contributed by atoms with Crippen LogP contribution in [0.2, 0.25) is 0 Å². The van der Waals surface area contributed by atoms with Crippen molar-refractivity contribution in [1.29, 1.82) is 0 Å². The predicted molar refractivity (Wildman–Crippen MR) is 121 cm³/mol. The van der Waals surface area contributed by atoms with E-state index in [-0.39, 0.29) is 11.9 Å². The molecule has 1 aromatic heterocycles. The number of carbonyl (C=O) groups excluding carboxylic acids is 2. The van der Waals surface area contributed by atoms with Gasteiger partial charge in [-0.05, 0) is 67.4 Å². The summed E-state index contributed by atoms with van der Waals surface area (Å²) in [5.74, 6) is 0.721. The molecular weight excluding hydrogens is 396 g/mol. The van der Waals surface area contributed by atoms with Gasteiger partial charge in [0, 0.05) is 43.2 Å². The highest BCUT2D eigenvalue weighted by Gasteiger charge is 2.22. The van der Waals surface area contributed by atoms with E-state index in [0.717, 1.165) is 63.2 Å². The van der Waals surface area contributed by atoms with Crippen molar-refractivity contribution < 1.29 is 9.59 Å². The zero-order valence-corrected chi connectivity index (χ0v) is 18.1. The van der Waals surface area contributed by atoms with Crippen molar-refractivity contribution in [1.82, 2.24) is 15.5 Å². The van der Waals surface area contributed by atoms with E-state index in [1.165, 1.54) is 4.88 Å². The predicted octanol–water partition coefficient (Wildman–Crippen LogP) is 3.59. The molecule has 3 heterocycles. The molecule has 30 heavy (non-hydrogen) atoms. The number of carbonyl (C=O) groups is 2. The molecule has 2 aliphatic heterocycles. The molecule has 2 N–H and O–H groups in total. The van der Waals surface area contributed by atoms with E-state index in [1.807, 2.05) is 40.5 Å². The smallest absolute Gasteiger partial charge is 0.315 e. The monoisotopic (exact) mass is 426 g/mol. The van der Waals surface area contributed by atoms with Gasteiger partial charge < -0.3 is 15.5 Å². The Hall–Kier alpha value is -2.38. The Morgan fingerprint density at radius 3 is 2.70 bits per heavy atom. The zero-order valence-electron chi connectivity index (χ0n) is 17.3. The molecule has 0 unspecified atom stereocenters. The number of nitrogens with zero attached hydrogens (tertiary/aromatic N) is 2. The highest BCUT2D eigenvalue weighted by molar-refractivity contribution is 7.09. The van der Waals surface area contributed by atoms with Gasteiger partial charge in [-0.25, -0.2) is 4.79 Å². The van der Waals surface area contributed by atoms with Gasteiger partial charge in [0.15, 0.2) is 0 Å². The Kier molecular flexibility index (Phi) is 7.02. The lowest BCUT2D eigenvalue weighted by atomic mass is 9.97. The number of urea groups is 1. The van der Waals surface area contributed by atoms with Crippen LogP contribution >= 0.6 is 11.3 Å². The number of nitrogens with one attached hydrogen (secondary N) is 2. The first-order chi connectivity index (χ1) is 14.7. The van der Waals surface area contributed by atoms with Crippen LogP contribution in [0.4, 0.5) is 10.5 Å². The minimum Gasteiger partial charge on any atom is -0.338 e. The third kappa shape index (κ3) is 5.61. The fraction of sp³-hybridized carbons (Fsp3) is 0.478. The Labute approximate surface area is 182 Å². The lowest BCUT2D eigenvalue weighted by Crippen LogP contribution is -2.41. The number of likely N-dealkylation sites (tertiary alicyclic amines) is 1. The second-order valence-electron chi connectivity index (χ2n) is 8.18. The average Bonchev–Trinajstić information content (AvgIpc) is 3.43. The van der Waals surface area contributed by atoms with Gasteiger partial charge in [0.05, 0.1) is 0 Å². The summed E-state index contributed by atoms with van der Waals surface area (Å²) in [4.78, 5) is 29.9. The fourth-order valence-corrected chi connectivity index (χ4v) is 4.96. The minimum absolute atomic E-state index is 0.126. The number of hydrogen-bond acceptors (Lipinski definition) is 4. The number of hydrogen-bond donors (Lipinski definition) is 2. The van der Waals surface area contributed by atoms with Crippen LogP contribution in [0.1, 0.15) is 36.1 Å². The van der Waals surface area contributed by atoms with Crippen molar-refractivity contribution in [3.8, 4) is 0 Å². The van der Waals surface area contributed by atoms with E-state index in [0.29, 0.717) is 18.9 Å². The first kappa shape index (κ1) is 20.9. The van der Waals surface area contributed by atoms with Crippen LogP contribution in [0.3, 0.4) is 0 Å². The molecule has 0 spiro atoms. The topological polar surface area (TPSA) is 64.7 Å². The fourth-order valence-electron chi connectivity index (χ4n) is 4.21. The minimum atomic E-state index is -0.126. The number of rotatable bonds is 7. The highest BCUT2D eigenvalue weighted by atomic mass is 32.1. The maximum Gasteiger partial charge on any atom is 0.315 e. The average molecular weight is 427 g/mol. The van der Waals surface area contributed by atoms with Crippen LogP contribution in [0, 0.1) is 5.92 Å². The van der Waals surface area contributed by atoms with Crippen molar-refractivity contribution in [3.05, 3.63) is 52.2 Å². The van der Waals surface area contributed by atoms with E-state index < -0.39 is 0 Å². The Morgan fingerprint density at radius 2 is 1.97 bits per heavy atom. The quantitative estimate of drug-likeness (QED) is 0.711. The molecule has 2 aliphatic rings. The second kappa shape index (κ2) is 10.1. The Balaban J connectivity index is 1.16. The van der Waals surface area contributed by atoms with Crippen LogP contribution < -0.4 is 15.5 Å². The van der Waals surface area contributed by atoms with Gasteiger partial charge in [-0.1, -0.05) is 18.2 Å². The summed E-state index contributed by atoms with van der Waals surface area (Å²) in [6.07, 6.45) is 3.78. The highest BCUT2D eigenvalue weighted by Crippen LogP contribution is 2.22. The van der Waals surface area contributed by atoms with Crippen molar-refractivity contribution >= 4 is 29.0 Å². The molecule has 2 aromatic rings. The molecule has 0 aliphatic carbocycles. The van der Waals surface area contributed by atoms with E-state index >= 15 is 0 Å². The summed E-state index contributed by atoms with van der Waals surface area (Å²) in [5, 5.41) is 8.10. The van der Waals surface area contributed by atoms with Crippen LogP contribution in [0.5, 0.6) is 0 Å². The standard InChI is InChI=1S/C23H30N4O2S/c28-22-7-2-10-27(22)20-5-1-4-19(14-20)16-25-23(29)24-15-18-8-11-26(12-9-18)17-21-6-3-13-30-21/h1,3-6,13-14,18H,2,7-12,15-17H2,(H2,24,25,29). The van der Waals surface area contributed by atoms with Gasteiger partial charge in [-0.2, -0.15) is 0 Å². The third-order valence-corrected chi connectivity index (χ3v) is 6.83. The third-order valence-electron chi connectivity index (χ3n) is 5.97. The maximum absolute atomic E-state index is 12.2. The Morgan fingerprint density at radius 1 is 1.10 bits per heavy atom. The SMILES string of the molecule is O=C(NCc1cccc(N2CCCC2=O)c1)NCC1CCN(Cc2cccs2)CC1. The molecule has 0 atom stereocenters. The number of anilines is 1. The van der Waals surface area contributed by atoms with E-state index in [9.17, 15) is 9.59 Å². The van der Waals surface area contributed by atoms with Gasteiger partial charge in [-0.3, -0.25) is 9.69 Å². The molecule has 160 valence electrons. The number of piperidine rings is 1. The van der Waals surface area contributed by atoms with E-state index in [2.05, 4.69) is 33.0 Å². The van der Waals surface area contributed by atoms with Gasteiger partial charge in [0.25, 0.3) is 0 Å². The normalized spacial score (nSPS) is 18.0. The van der Waals surface area contributed by atoms with Gasteiger partial charge in [-0.15, -0.1) is 11.3 Å². The molecule has 2 fully saturated rings. The van der Waals surface area contributed by atoms with Crippen molar-refractivity contribution in [3.63, 3.8) is 0 Å². The Bertz CT molecular complexity index is 847. The molecule has 6 nitrogen and oxygen atoms in total. The molecule has 2 saturated heterocycles. The summed E-state index contributed by atoms with van der Waals surface area (Å²) in [6, 6.07) is 12.1. The summed E-state index contributed by atoms with van der Waals surface area (Å²) in [7, 11) is 0. The molecule has 3 amide bonds. The summed E-state index contributed by atoms with van der Waals surface area (Å²) < 4.78 is 0. The van der Waals surface area contributed by atoms with Crippen LogP contribution in [-0.4, -0.2) is 43.0 Å². The summed E-state index contributed by atoms with van der Waals surface area (Å²) in [6.45, 7) is 5.19.